The normalized spacial score (nSPS) is 34.3. The number of hydrogen-bond acceptors (Lipinski definition) is 4. The summed E-state index contributed by atoms with van der Waals surface area (Å²) in [5.41, 5.74) is 0.595. The van der Waals surface area contributed by atoms with Crippen LogP contribution in [0.15, 0.2) is 0 Å². The lowest BCUT2D eigenvalue weighted by Gasteiger charge is -2.25. The van der Waals surface area contributed by atoms with E-state index in [1.165, 1.54) is 37.2 Å². The van der Waals surface area contributed by atoms with Gasteiger partial charge in [0.1, 0.15) is 10.9 Å². The van der Waals surface area contributed by atoms with Gasteiger partial charge in [-0.2, -0.15) is 0 Å². The monoisotopic (exact) mass is 234 g/mol. The second-order valence-corrected chi connectivity index (χ2v) is 6.32. The fraction of sp³-hybridized carbons (Fsp3) is 1.00. The lowest BCUT2D eigenvalue weighted by Crippen LogP contribution is -2.20. The van der Waals surface area contributed by atoms with Crippen molar-refractivity contribution in [3.8, 4) is 0 Å². The van der Waals surface area contributed by atoms with E-state index in [4.69, 9.17) is 9.78 Å². The molecule has 0 aliphatic carbocycles. The molecule has 0 bridgehead atoms. The summed E-state index contributed by atoms with van der Waals surface area (Å²) in [5, 5.41) is 0. The van der Waals surface area contributed by atoms with Gasteiger partial charge >= 0.3 is 0 Å². The topological polar surface area (TPSA) is 18.5 Å². The van der Waals surface area contributed by atoms with E-state index < -0.39 is 0 Å². The van der Waals surface area contributed by atoms with Crippen molar-refractivity contribution in [1.82, 2.24) is 0 Å². The Hall–Kier alpha value is 0.620. The Morgan fingerprint density at radius 1 is 0.714 bits per heavy atom. The summed E-state index contributed by atoms with van der Waals surface area (Å²) >= 11 is 3.79. The molecule has 2 saturated heterocycles. The Morgan fingerprint density at radius 2 is 1.21 bits per heavy atom. The Bertz CT molecular complexity index is 136. The minimum Gasteiger partial charge on any atom is -0.221 e. The van der Waals surface area contributed by atoms with Crippen LogP contribution in [0, 0.1) is 0 Å². The van der Waals surface area contributed by atoms with Crippen molar-refractivity contribution in [2.24, 2.45) is 0 Å². The molecule has 2 fully saturated rings. The van der Waals surface area contributed by atoms with Crippen molar-refractivity contribution >= 4 is 23.5 Å². The molecule has 2 unspecified atom stereocenters. The third-order valence-electron chi connectivity index (χ3n) is 2.55. The molecule has 2 rings (SSSR count). The van der Waals surface area contributed by atoms with Crippen molar-refractivity contribution < 1.29 is 9.78 Å². The van der Waals surface area contributed by atoms with E-state index in [-0.39, 0.29) is 0 Å². The van der Waals surface area contributed by atoms with Crippen molar-refractivity contribution in [2.75, 3.05) is 11.5 Å². The summed E-state index contributed by atoms with van der Waals surface area (Å²) in [7, 11) is 0. The summed E-state index contributed by atoms with van der Waals surface area (Å²) < 4.78 is 0. The second-order valence-electron chi connectivity index (χ2n) is 3.78. The largest absolute Gasteiger partial charge is 0.221 e. The van der Waals surface area contributed by atoms with Crippen LogP contribution >= 0.6 is 23.5 Å². The van der Waals surface area contributed by atoms with Gasteiger partial charge in [-0.3, -0.25) is 0 Å². The maximum absolute atomic E-state index is 5.46. The van der Waals surface area contributed by atoms with Crippen LogP contribution in [-0.4, -0.2) is 22.4 Å². The Morgan fingerprint density at radius 3 is 1.57 bits per heavy atom. The smallest absolute Gasteiger partial charge is 0.138 e. The van der Waals surface area contributed by atoms with Gasteiger partial charge in [0, 0.05) is 0 Å². The number of thioether (sulfide) groups is 2. The SMILES string of the molecule is C1CCC(OOC2CCCCS2)SC1. The molecule has 0 saturated carbocycles. The van der Waals surface area contributed by atoms with Gasteiger partial charge in [0.15, 0.2) is 0 Å². The van der Waals surface area contributed by atoms with Crippen LogP contribution in [0.2, 0.25) is 0 Å². The molecular weight excluding hydrogens is 216 g/mol. The molecule has 0 aromatic heterocycles. The zero-order chi connectivity index (χ0) is 9.64. The fourth-order valence-electron chi connectivity index (χ4n) is 1.70. The van der Waals surface area contributed by atoms with Crippen LogP contribution < -0.4 is 0 Å². The Labute approximate surface area is 94.4 Å². The van der Waals surface area contributed by atoms with Crippen LogP contribution in [0.3, 0.4) is 0 Å². The number of hydrogen-bond donors (Lipinski definition) is 0. The zero-order valence-electron chi connectivity index (χ0n) is 8.44. The van der Waals surface area contributed by atoms with Gasteiger partial charge in [-0.25, -0.2) is 9.78 Å². The molecule has 4 heteroatoms. The average molecular weight is 234 g/mol. The molecule has 2 aliphatic heterocycles. The van der Waals surface area contributed by atoms with Crippen molar-refractivity contribution in [1.29, 1.82) is 0 Å². The van der Waals surface area contributed by atoms with Crippen molar-refractivity contribution in [2.45, 2.75) is 49.4 Å². The standard InChI is InChI=1S/C10H18O2S2/c1-3-7-13-9(5-1)11-12-10-6-2-4-8-14-10/h9-10H,1-8H2. The van der Waals surface area contributed by atoms with Crippen molar-refractivity contribution in [3.05, 3.63) is 0 Å². The maximum atomic E-state index is 5.46. The van der Waals surface area contributed by atoms with E-state index in [1.807, 2.05) is 23.5 Å². The van der Waals surface area contributed by atoms with Gasteiger partial charge < -0.3 is 0 Å². The molecule has 0 N–H and O–H groups in total. The third kappa shape index (κ3) is 3.65. The molecule has 0 spiro atoms. The molecule has 0 amide bonds. The molecular formula is C10H18O2S2. The minimum atomic E-state index is 0.297. The predicted octanol–water partition coefficient (Wildman–Crippen LogP) is 3.42. The third-order valence-corrected chi connectivity index (χ3v) is 4.97. The van der Waals surface area contributed by atoms with E-state index in [0.717, 1.165) is 12.8 Å². The van der Waals surface area contributed by atoms with E-state index in [9.17, 15) is 0 Å². The molecule has 2 heterocycles. The van der Waals surface area contributed by atoms with Crippen LogP contribution in [0.4, 0.5) is 0 Å². The van der Waals surface area contributed by atoms with Crippen LogP contribution in [0.1, 0.15) is 38.5 Å². The molecule has 82 valence electrons. The number of rotatable bonds is 3. The first-order valence-electron chi connectivity index (χ1n) is 5.50. The lowest BCUT2D eigenvalue weighted by molar-refractivity contribution is -0.315. The van der Waals surface area contributed by atoms with Gasteiger partial charge in [-0.15, -0.1) is 23.5 Å². The Kier molecular flexibility index (Phi) is 4.97. The van der Waals surface area contributed by atoms with Gasteiger partial charge in [-0.1, -0.05) is 0 Å². The molecule has 2 atom stereocenters. The van der Waals surface area contributed by atoms with E-state index in [2.05, 4.69) is 0 Å². The average Bonchev–Trinajstić information content (AvgIpc) is 2.29. The van der Waals surface area contributed by atoms with Crippen LogP contribution in [0.25, 0.3) is 0 Å². The first-order valence-corrected chi connectivity index (χ1v) is 7.60. The zero-order valence-corrected chi connectivity index (χ0v) is 10.1. The summed E-state index contributed by atoms with van der Waals surface area (Å²) in [4.78, 5) is 10.9. The molecule has 14 heavy (non-hydrogen) atoms. The maximum Gasteiger partial charge on any atom is 0.138 e. The van der Waals surface area contributed by atoms with Gasteiger partial charge in [0.25, 0.3) is 0 Å². The molecule has 0 aromatic rings. The van der Waals surface area contributed by atoms with Crippen LogP contribution in [0.5, 0.6) is 0 Å². The Balaban J connectivity index is 1.60. The van der Waals surface area contributed by atoms with Gasteiger partial charge in [0.05, 0.1) is 0 Å². The summed E-state index contributed by atoms with van der Waals surface area (Å²) in [6.45, 7) is 0. The van der Waals surface area contributed by atoms with Crippen LogP contribution in [-0.2, 0) is 9.78 Å². The highest BCUT2D eigenvalue weighted by molar-refractivity contribution is 8.00. The highest BCUT2D eigenvalue weighted by Gasteiger charge is 2.20. The minimum absolute atomic E-state index is 0.297. The van der Waals surface area contributed by atoms with E-state index >= 15 is 0 Å². The van der Waals surface area contributed by atoms with E-state index in [1.54, 1.807) is 0 Å². The molecule has 0 aromatic carbocycles. The first-order chi connectivity index (χ1) is 6.95. The van der Waals surface area contributed by atoms with Gasteiger partial charge in [0.2, 0.25) is 0 Å². The summed E-state index contributed by atoms with van der Waals surface area (Å²) in [5.74, 6) is 2.46. The predicted molar refractivity (Wildman–Crippen MR) is 62.4 cm³/mol. The fourth-order valence-corrected chi connectivity index (χ4v) is 3.83. The highest BCUT2D eigenvalue weighted by atomic mass is 32.2. The first kappa shape index (κ1) is 11.1. The second kappa shape index (κ2) is 6.26. The summed E-state index contributed by atoms with van der Waals surface area (Å²) in [6, 6.07) is 0. The molecule has 2 aliphatic rings. The van der Waals surface area contributed by atoms with E-state index in [0.29, 0.717) is 10.9 Å². The highest BCUT2D eigenvalue weighted by Crippen LogP contribution is 2.30. The molecule has 0 radical (unpaired) electrons. The molecule has 2 nitrogen and oxygen atoms in total. The quantitative estimate of drug-likeness (QED) is 0.550. The van der Waals surface area contributed by atoms with Crippen molar-refractivity contribution in [3.63, 3.8) is 0 Å². The summed E-state index contributed by atoms with van der Waals surface area (Å²) in [6.07, 6.45) is 7.56. The lowest BCUT2D eigenvalue weighted by atomic mass is 10.2. The van der Waals surface area contributed by atoms with Gasteiger partial charge in [-0.05, 0) is 50.0 Å².